The first-order valence-electron chi connectivity index (χ1n) is 12.4. The molecule has 1 atom stereocenters. The van der Waals surface area contributed by atoms with E-state index in [9.17, 15) is 0 Å². The highest BCUT2D eigenvalue weighted by molar-refractivity contribution is 4.76. The first-order chi connectivity index (χ1) is 13.1. The molecule has 0 aliphatic carbocycles. The predicted octanol–water partition coefficient (Wildman–Crippen LogP) is 8.67. The number of hydrogen-bond acceptors (Lipinski definition) is 2. The van der Waals surface area contributed by atoms with E-state index in [4.69, 9.17) is 9.47 Å². The Labute approximate surface area is 172 Å². The number of ether oxygens (including phenoxy) is 2. The Kier molecular flexibility index (Phi) is 19.2. The van der Waals surface area contributed by atoms with Gasteiger partial charge in [-0.1, -0.05) is 104 Å². The van der Waals surface area contributed by atoms with Crippen LogP contribution in [0.25, 0.3) is 0 Å². The Hall–Kier alpha value is -0.0800. The zero-order valence-corrected chi connectivity index (χ0v) is 19.6. The molecule has 0 fully saturated rings. The van der Waals surface area contributed by atoms with Gasteiger partial charge in [0.15, 0.2) is 5.79 Å². The lowest BCUT2D eigenvalue weighted by Crippen LogP contribution is -2.41. The van der Waals surface area contributed by atoms with Crippen molar-refractivity contribution in [3.05, 3.63) is 0 Å². The summed E-state index contributed by atoms with van der Waals surface area (Å²) in [6.45, 7) is 12.4. The van der Waals surface area contributed by atoms with Crippen LogP contribution in [0.2, 0.25) is 0 Å². The minimum atomic E-state index is -0.395. The van der Waals surface area contributed by atoms with Gasteiger partial charge in [0.2, 0.25) is 0 Å². The van der Waals surface area contributed by atoms with E-state index < -0.39 is 5.79 Å². The Morgan fingerprint density at radius 3 is 1.19 bits per heavy atom. The third-order valence-corrected chi connectivity index (χ3v) is 5.92. The molecule has 1 unspecified atom stereocenters. The van der Waals surface area contributed by atoms with Crippen molar-refractivity contribution in [3.8, 4) is 0 Å². The van der Waals surface area contributed by atoms with E-state index in [1.165, 1.54) is 103 Å². The number of unbranched alkanes of at least 4 members (excludes halogenated alkanes) is 12. The first-order valence-corrected chi connectivity index (χ1v) is 12.4. The molecule has 164 valence electrons. The predicted molar refractivity (Wildman–Crippen MR) is 120 cm³/mol. The van der Waals surface area contributed by atoms with Gasteiger partial charge in [-0.05, 0) is 33.6 Å². The van der Waals surface area contributed by atoms with Crippen molar-refractivity contribution in [1.82, 2.24) is 0 Å². The summed E-state index contributed by atoms with van der Waals surface area (Å²) >= 11 is 0. The van der Waals surface area contributed by atoms with Crippen LogP contribution in [0.4, 0.5) is 0 Å². The van der Waals surface area contributed by atoms with Gasteiger partial charge in [0, 0.05) is 19.1 Å². The van der Waals surface area contributed by atoms with Crippen LogP contribution < -0.4 is 0 Å². The monoisotopic (exact) mass is 384 g/mol. The molecule has 0 aliphatic rings. The molecule has 0 radical (unpaired) electrons. The van der Waals surface area contributed by atoms with Crippen molar-refractivity contribution in [2.45, 2.75) is 143 Å². The second kappa shape index (κ2) is 19.2. The molecule has 0 N–H and O–H groups in total. The van der Waals surface area contributed by atoms with E-state index in [2.05, 4.69) is 34.6 Å². The van der Waals surface area contributed by atoms with Gasteiger partial charge >= 0.3 is 0 Å². The molecule has 0 heterocycles. The van der Waals surface area contributed by atoms with E-state index in [0.29, 0.717) is 5.92 Å². The van der Waals surface area contributed by atoms with Crippen molar-refractivity contribution >= 4 is 0 Å². The van der Waals surface area contributed by atoms with Crippen LogP contribution in [0.1, 0.15) is 137 Å². The van der Waals surface area contributed by atoms with E-state index in [1.807, 2.05) is 0 Å². The Morgan fingerprint density at radius 1 is 0.519 bits per heavy atom. The van der Waals surface area contributed by atoms with E-state index in [0.717, 1.165) is 13.2 Å². The van der Waals surface area contributed by atoms with Gasteiger partial charge in [0.05, 0.1) is 0 Å². The fourth-order valence-electron chi connectivity index (χ4n) is 4.21. The van der Waals surface area contributed by atoms with E-state index >= 15 is 0 Å². The molecule has 27 heavy (non-hydrogen) atoms. The maximum absolute atomic E-state index is 6.13. The number of hydrogen-bond donors (Lipinski definition) is 0. The SMILES string of the molecule is CCCCCCCCCCC(CCCCCCCC)C(C)(OCC)OCC. The highest BCUT2D eigenvalue weighted by Crippen LogP contribution is 2.33. The molecule has 0 bridgehead atoms. The Balaban J connectivity index is 4.29. The summed E-state index contributed by atoms with van der Waals surface area (Å²) in [5.74, 6) is 0.136. The lowest BCUT2D eigenvalue weighted by molar-refractivity contribution is -0.254. The normalized spacial score (nSPS) is 13.2. The highest BCUT2D eigenvalue weighted by atomic mass is 16.7. The van der Waals surface area contributed by atoms with Crippen LogP contribution >= 0.6 is 0 Å². The third-order valence-electron chi connectivity index (χ3n) is 5.92. The van der Waals surface area contributed by atoms with Crippen molar-refractivity contribution < 1.29 is 9.47 Å². The second-order valence-electron chi connectivity index (χ2n) is 8.40. The third kappa shape index (κ3) is 14.6. The number of rotatable bonds is 21. The van der Waals surface area contributed by atoms with Gasteiger partial charge in [0.25, 0.3) is 0 Å². The lowest BCUT2D eigenvalue weighted by atomic mass is 9.87. The molecule has 0 saturated carbocycles. The summed E-state index contributed by atoms with van der Waals surface area (Å²) in [4.78, 5) is 0. The zero-order valence-electron chi connectivity index (χ0n) is 19.6. The Bertz CT molecular complexity index is 284. The molecule has 0 aliphatic heterocycles. The molecule has 0 rings (SSSR count). The van der Waals surface area contributed by atoms with Gasteiger partial charge in [-0.25, -0.2) is 0 Å². The van der Waals surface area contributed by atoms with Crippen LogP contribution in [-0.4, -0.2) is 19.0 Å². The van der Waals surface area contributed by atoms with E-state index in [1.54, 1.807) is 0 Å². The molecule has 2 heteroatoms. The van der Waals surface area contributed by atoms with Crippen molar-refractivity contribution in [3.63, 3.8) is 0 Å². The highest BCUT2D eigenvalue weighted by Gasteiger charge is 2.34. The quantitative estimate of drug-likeness (QED) is 0.145. The smallest absolute Gasteiger partial charge is 0.168 e. The van der Waals surface area contributed by atoms with Gasteiger partial charge in [-0.3, -0.25) is 0 Å². The molecular formula is C25H52O2. The summed E-state index contributed by atoms with van der Waals surface area (Å²) in [7, 11) is 0. The van der Waals surface area contributed by atoms with Crippen LogP contribution in [0.5, 0.6) is 0 Å². The average molecular weight is 385 g/mol. The molecule has 0 amide bonds. The minimum Gasteiger partial charge on any atom is -0.350 e. The average Bonchev–Trinajstić information content (AvgIpc) is 2.65. The summed E-state index contributed by atoms with van der Waals surface area (Å²) in [6, 6.07) is 0. The minimum absolute atomic E-state index is 0.395. The first kappa shape index (κ1) is 26.9. The Morgan fingerprint density at radius 2 is 0.852 bits per heavy atom. The zero-order chi connectivity index (χ0) is 20.2. The van der Waals surface area contributed by atoms with Gasteiger partial charge in [-0.2, -0.15) is 0 Å². The maximum atomic E-state index is 6.13. The van der Waals surface area contributed by atoms with Crippen molar-refractivity contribution in [2.75, 3.05) is 13.2 Å². The summed E-state index contributed by atoms with van der Waals surface area (Å²) in [5, 5.41) is 0. The van der Waals surface area contributed by atoms with Crippen molar-refractivity contribution in [2.24, 2.45) is 5.92 Å². The molecular weight excluding hydrogens is 332 g/mol. The van der Waals surface area contributed by atoms with Gasteiger partial charge in [0.1, 0.15) is 0 Å². The van der Waals surface area contributed by atoms with Gasteiger partial charge in [-0.15, -0.1) is 0 Å². The van der Waals surface area contributed by atoms with Crippen LogP contribution in [0, 0.1) is 5.92 Å². The van der Waals surface area contributed by atoms with E-state index in [-0.39, 0.29) is 0 Å². The van der Waals surface area contributed by atoms with Crippen LogP contribution in [0.15, 0.2) is 0 Å². The fraction of sp³-hybridized carbons (Fsp3) is 1.00. The lowest BCUT2D eigenvalue weighted by Gasteiger charge is -2.37. The largest absolute Gasteiger partial charge is 0.350 e. The molecule has 0 saturated heterocycles. The fourth-order valence-corrected chi connectivity index (χ4v) is 4.21. The van der Waals surface area contributed by atoms with Crippen LogP contribution in [-0.2, 0) is 9.47 Å². The summed E-state index contributed by atoms with van der Waals surface area (Å²) in [5.41, 5.74) is 0. The van der Waals surface area contributed by atoms with Crippen LogP contribution in [0.3, 0.4) is 0 Å². The topological polar surface area (TPSA) is 18.5 Å². The van der Waals surface area contributed by atoms with Crippen molar-refractivity contribution in [1.29, 1.82) is 0 Å². The summed E-state index contributed by atoms with van der Waals surface area (Å²) < 4.78 is 12.3. The molecule has 2 nitrogen and oxygen atoms in total. The molecule has 0 aromatic carbocycles. The summed E-state index contributed by atoms with van der Waals surface area (Å²) in [6.07, 6.45) is 21.8. The molecule has 0 aromatic rings. The molecule has 0 aromatic heterocycles. The maximum Gasteiger partial charge on any atom is 0.168 e. The second-order valence-corrected chi connectivity index (χ2v) is 8.40. The molecule has 0 spiro atoms. The van der Waals surface area contributed by atoms with Gasteiger partial charge < -0.3 is 9.47 Å². The standard InChI is InChI=1S/C25H52O2/c1-6-10-12-14-16-17-19-21-23-24(22-20-18-15-13-11-7-2)25(5,26-8-3)27-9-4/h24H,6-23H2,1-5H3.